The van der Waals surface area contributed by atoms with Gasteiger partial charge >= 0.3 is 0 Å². The van der Waals surface area contributed by atoms with Crippen LogP contribution in [0.15, 0.2) is 12.1 Å². The molecule has 4 heteroatoms. The number of fused-ring (bicyclic) bond motifs is 1. The molecular formula is C15H17BrClNO. The molecule has 1 N–H and O–H groups in total. The molecule has 1 aromatic carbocycles. The van der Waals surface area contributed by atoms with E-state index in [1.165, 1.54) is 32.1 Å². The summed E-state index contributed by atoms with van der Waals surface area (Å²) in [6.45, 7) is 0. The van der Waals surface area contributed by atoms with Gasteiger partial charge in [0.2, 0.25) is 5.91 Å². The van der Waals surface area contributed by atoms with Crippen LogP contribution in [0.1, 0.15) is 48.1 Å². The first-order chi connectivity index (χ1) is 9.15. The maximum absolute atomic E-state index is 11.4. The average molecular weight is 343 g/mol. The summed E-state index contributed by atoms with van der Waals surface area (Å²) >= 11 is 10.2. The molecule has 2 aliphatic rings. The van der Waals surface area contributed by atoms with Crippen LogP contribution in [0.3, 0.4) is 0 Å². The van der Waals surface area contributed by atoms with Crippen molar-refractivity contribution >= 4 is 39.1 Å². The first kappa shape index (κ1) is 13.4. The summed E-state index contributed by atoms with van der Waals surface area (Å²) in [5.74, 6) is 0.723. The number of alkyl halides is 1. The van der Waals surface area contributed by atoms with Gasteiger partial charge in [0.1, 0.15) is 0 Å². The monoisotopic (exact) mass is 341 g/mol. The van der Waals surface area contributed by atoms with Crippen LogP contribution in [0.4, 0.5) is 5.69 Å². The molecule has 1 aliphatic carbocycles. The van der Waals surface area contributed by atoms with Gasteiger partial charge in [0.15, 0.2) is 0 Å². The molecule has 0 bridgehead atoms. The molecule has 0 spiro atoms. The lowest BCUT2D eigenvalue weighted by Gasteiger charge is -2.27. The maximum atomic E-state index is 11.4. The minimum Gasteiger partial charge on any atom is -0.325 e. The Labute approximate surface area is 127 Å². The van der Waals surface area contributed by atoms with Gasteiger partial charge in [-0.05, 0) is 36.0 Å². The molecule has 19 heavy (non-hydrogen) atoms. The molecule has 0 radical (unpaired) electrons. The van der Waals surface area contributed by atoms with E-state index in [-0.39, 0.29) is 5.91 Å². The van der Waals surface area contributed by atoms with Gasteiger partial charge in [-0.25, -0.2) is 0 Å². The first-order valence-corrected chi connectivity index (χ1v) is 8.21. The van der Waals surface area contributed by atoms with E-state index in [1.807, 2.05) is 6.07 Å². The van der Waals surface area contributed by atoms with E-state index in [1.54, 1.807) is 0 Å². The highest BCUT2D eigenvalue weighted by Crippen LogP contribution is 2.44. The smallest absolute Gasteiger partial charge is 0.228 e. The molecule has 1 fully saturated rings. The average Bonchev–Trinajstić information content (AvgIpc) is 2.77. The van der Waals surface area contributed by atoms with E-state index in [0.717, 1.165) is 21.8 Å². The number of anilines is 1. The van der Waals surface area contributed by atoms with Crippen molar-refractivity contribution in [3.8, 4) is 0 Å². The quantitative estimate of drug-likeness (QED) is 0.765. The number of hydrogen-bond acceptors (Lipinski definition) is 1. The van der Waals surface area contributed by atoms with Gasteiger partial charge in [0.25, 0.3) is 0 Å². The SMILES string of the molecule is O=C1Cc2cc(C(Br)C3CCCCC3)c(Cl)cc2N1. The third-order valence-corrected chi connectivity index (χ3v) is 5.78. The van der Waals surface area contributed by atoms with Gasteiger partial charge in [0.05, 0.1) is 6.42 Å². The van der Waals surface area contributed by atoms with Crippen LogP contribution < -0.4 is 5.32 Å². The van der Waals surface area contributed by atoms with Crippen LogP contribution >= 0.6 is 27.5 Å². The zero-order chi connectivity index (χ0) is 13.4. The fourth-order valence-corrected chi connectivity index (χ4v) is 4.48. The Morgan fingerprint density at radius 1 is 1.26 bits per heavy atom. The second kappa shape index (κ2) is 5.45. The molecule has 1 aromatic rings. The molecule has 2 nitrogen and oxygen atoms in total. The number of nitrogens with one attached hydrogen (secondary N) is 1. The van der Waals surface area contributed by atoms with E-state index < -0.39 is 0 Å². The molecule has 1 heterocycles. The van der Waals surface area contributed by atoms with Crippen LogP contribution in [0.25, 0.3) is 0 Å². The third-order valence-electron chi connectivity index (χ3n) is 4.21. The summed E-state index contributed by atoms with van der Waals surface area (Å²) < 4.78 is 0. The van der Waals surface area contributed by atoms with E-state index in [4.69, 9.17) is 11.6 Å². The number of carbonyl (C=O) groups is 1. The lowest BCUT2D eigenvalue weighted by Crippen LogP contribution is -2.12. The number of halogens is 2. The summed E-state index contributed by atoms with van der Waals surface area (Å²) in [5, 5.41) is 3.60. The largest absolute Gasteiger partial charge is 0.325 e. The number of hydrogen-bond donors (Lipinski definition) is 1. The van der Waals surface area contributed by atoms with Gasteiger partial charge in [-0.3, -0.25) is 4.79 Å². The molecule has 3 rings (SSSR count). The zero-order valence-corrected chi connectivity index (χ0v) is 13.1. The summed E-state index contributed by atoms with van der Waals surface area (Å²) in [6, 6.07) is 4.00. The van der Waals surface area contributed by atoms with Crippen molar-refractivity contribution in [2.24, 2.45) is 5.92 Å². The molecular weight excluding hydrogens is 326 g/mol. The van der Waals surface area contributed by atoms with Crippen molar-refractivity contribution in [3.63, 3.8) is 0 Å². The normalized spacial score (nSPS) is 21.1. The number of benzene rings is 1. The van der Waals surface area contributed by atoms with Gasteiger partial charge < -0.3 is 5.32 Å². The van der Waals surface area contributed by atoms with Crippen molar-refractivity contribution in [2.75, 3.05) is 5.32 Å². The molecule has 102 valence electrons. The Morgan fingerprint density at radius 3 is 2.74 bits per heavy atom. The van der Waals surface area contributed by atoms with Crippen LogP contribution in [-0.4, -0.2) is 5.91 Å². The fourth-order valence-electron chi connectivity index (χ4n) is 3.16. The van der Waals surface area contributed by atoms with Crippen LogP contribution in [0.5, 0.6) is 0 Å². The van der Waals surface area contributed by atoms with E-state index in [2.05, 4.69) is 27.3 Å². The summed E-state index contributed by atoms with van der Waals surface area (Å²) in [6.07, 6.45) is 6.99. The lowest BCUT2D eigenvalue weighted by atomic mass is 9.84. The Kier molecular flexibility index (Phi) is 3.86. The highest BCUT2D eigenvalue weighted by Gasteiger charge is 2.27. The van der Waals surface area contributed by atoms with Gasteiger partial charge in [-0.1, -0.05) is 52.9 Å². The molecule has 1 unspecified atom stereocenters. The Balaban J connectivity index is 1.88. The van der Waals surface area contributed by atoms with E-state index >= 15 is 0 Å². The highest BCUT2D eigenvalue weighted by molar-refractivity contribution is 9.09. The van der Waals surface area contributed by atoms with Crippen molar-refractivity contribution < 1.29 is 4.79 Å². The third kappa shape index (κ3) is 2.68. The van der Waals surface area contributed by atoms with Crippen molar-refractivity contribution in [1.82, 2.24) is 0 Å². The van der Waals surface area contributed by atoms with Gasteiger partial charge in [-0.15, -0.1) is 0 Å². The minimum atomic E-state index is 0.0620. The van der Waals surface area contributed by atoms with Crippen LogP contribution in [-0.2, 0) is 11.2 Å². The highest BCUT2D eigenvalue weighted by atomic mass is 79.9. The predicted molar refractivity (Wildman–Crippen MR) is 82.0 cm³/mol. The van der Waals surface area contributed by atoms with Crippen molar-refractivity contribution in [1.29, 1.82) is 0 Å². The molecule has 1 atom stereocenters. The molecule has 1 saturated carbocycles. The first-order valence-electron chi connectivity index (χ1n) is 6.91. The standard InChI is InChI=1S/C15H17BrClNO/c16-15(9-4-2-1-3-5-9)11-6-10-7-14(19)18-13(10)8-12(11)17/h6,8-9,15H,1-5,7H2,(H,18,19). The topological polar surface area (TPSA) is 29.1 Å². The summed E-state index contributed by atoms with van der Waals surface area (Å²) in [4.78, 5) is 11.7. The van der Waals surface area contributed by atoms with Gasteiger partial charge in [0, 0.05) is 15.5 Å². The van der Waals surface area contributed by atoms with Crippen molar-refractivity contribution in [3.05, 3.63) is 28.3 Å². The molecule has 0 aromatic heterocycles. The second-order valence-corrected chi connectivity index (χ2v) is 6.95. The van der Waals surface area contributed by atoms with Crippen molar-refractivity contribution in [2.45, 2.75) is 43.4 Å². The molecule has 1 amide bonds. The zero-order valence-electron chi connectivity index (χ0n) is 10.7. The Morgan fingerprint density at radius 2 is 2.00 bits per heavy atom. The lowest BCUT2D eigenvalue weighted by molar-refractivity contribution is -0.115. The Bertz CT molecular complexity index is 511. The minimum absolute atomic E-state index is 0.0620. The fraction of sp³-hybridized carbons (Fsp3) is 0.533. The summed E-state index contributed by atoms with van der Waals surface area (Å²) in [7, 11) is 0. The number of carbonyl (C=O) groups excluding carboxylic acids is 1. The number of rotatable bonds is 2. The van der Waals surface area contributed by atoms with Gasteiger partial charge in [-0.2, -0.15) is 0 Å². The van der Waals surface area contributed by atoms with Crippen LogP contribution in [0, 0.1) is 5.92 Å². The van der Waals surface area contributed by atoms with E-state index in [9.17, 15) is 4.79 Å². The number of amides is 1. The van der Waals surface area contributed by atoms with E-state index in [0.29, 0.717) is 17.2 Å². The Hall–Kier alpha value is -0.540. The predicted octanol–water partition coefficient (Wildman–Crippen LogP) is 4.85. The molecule has 0 saturated heterocycles. The van der Waals surface area contributed by atoms with Crippen LogP contribution in [0.2, 0.25) is 5.02 Å². The second-order valence-electron chi connectivity index (χ2n) is 5.56. The maximum Gasteiger partial charge on any atom is 0.228 e. The summed E-state index contributed by atoms with van der Waals surface area (Å²) in [5.41, 5.74) is 3.09. The molecule has 1 aliphatic heterocycles.